The Balaban J connectivity index is 2.73. The third-order valence-electron chi connectivity index (χ3n) is 2.60. The van der Waals surface area contributed by atoms with Gasteiger partial charge in [-0.2, -0.15) is 0 Å². The first kappa shape index (κ1) is 15.8. The van der Waals surface area contributed by atoms with Gasteiger partial charge in [-0.15, -0.1) is 0 Å². The molecule has 1 aromatic carbocycles. The van der Waals surface area contributed by atoms with Crippen molar-refractivity contribution in [1.82, 2.24) is 4.90 Å². The van der Waals surface area contributed by atoms with Crippen molar-refractivity contribution in [2.45, 2.75) is 13.8 Å². The molecular formula is C15H21N3O2. The topological polar surface area (TPSA) is 89.4 Å². The molecule has 0 atom stereocenters. The molecule has 0 saturated heterocycles. The number of benzene rings is 1. The Morgan fingerprint density at radius 2 is 1.85 bits per heavy atom. The van der Waals surface area contributed by atoms with Crippen LogP contribution in [0.15, 0.2) is 30.3 Å². The van der Waals surface area contributed by atoms with Crippen LogP contribution in [0.25, 0.3) is 6.08 Å². The highest BCUT2D eigenvalue weighted by Crippen LogP contribution is 2.08. The van der Waals surface area contributed by atoms with E-state index in [-0.39, 0.29) is 18.4 Å². The van der Waals surface area contributed by atoms with E-state index < -0.39 is 5.91 Å². The summed E-state index contributed by atoms with van der Waals surface area (Å²) < 4.78 is 0. The van der Waals surface area contributed by atoms with Crippen molar-refractivity contribution < 1.29 is 9.59 Å². The molecule has 0 aliphatic rings. The van der Waals surface area contributed by atoms with Crippen molar-refractivity contribution in [3.63, 3.8) is 0 Å². The van der Waals surface area contributed by atoms with Crippen molar-refractivity contribution in [3.05, 3.63) is 35.9 Å². The number of nitrogens with zero attached hydrogens (tertiary/aromatic N) is 1. The van der Waals surface area contributed by atoms with Crippen molar-refractivity contribution >= 4 is 23.6 Å². The zero-order valence-electron chi connectivity index (χ0n) is 11.9. The summed E-state index contributed by atoms with van der Waals surface area (Å²) in [5, 5.41) is 0. The smallest absolute Gasteiger partial charge is 0.247 e. The molecule has 0 spiro atoms. The number of nitrogen functional groups attached to an aromatic ring is 1. The van der Waals surface area contributed by atoms with E-state index in [1.165, 1.54) is 11.0 Å². The molecule has 0 fully saturated rings. The van der Waals surface area contributed by atoms with Crippen molar-refractivity contribution in [1.29, 1.82) is 0 Å². The standard InChI is InChI=1S/C15H21N3O2/c1-11(2)9-18(10-14(17)19)15(20)8-5-12-3-6-13(16)7-4-12/h3-8,11H,9-10,16H2,1-2H3,(H2,17,19)/b8-5+. The van der Waals surface area contributed by atoms with Gasteiger partial charge in [-0.3, -0.25) is 9.59 Å². The maximum Gasteiger partial charge on any atom is 0.247 e. The second-order valence-electron chi connectivity index (χ2n) is 5.08. The summed E-state index contributed by atoms with van der Waals surface area (Å²) in [7, 11) is 0. The van der Waals surface area contributed by atoms with Gasteiger partial charge in [0.25, 0.3) is 0 Å². The molecule has 4 N–H and O–H groups in total. The summed E-state index contributed by atoms with van der Waals surface area (Å²) >= 11 is 0. The van der Waals surface area contributed by atoms with Crippen molar-refractivity contribution in [3.8, 4) is 0 Å². The van der Waals surface area contributed by atoms with Gasteiger partial charge in [-0.1, -0.05) is 26.0 Å². The van der Waals surface area contributed by atoms with Gasteiger partial charge in [0.2, 0.25) is 11.8 Å². The molecule has 5 heteroatoms. The molecule has 0 saturated carbocycles. The zero-order valence-corrected chi connectivity index (χ0v) is 11.9. The number of hydrogen-bond acceptors (Lipinski definition) is 3. The highest BCUT2D eigenvalue weighted by molar-refractivity contribution is 5.94. The van der Waals surface area contributed by atoms with Gasteiger partial charge in [0.05, 0.1) is 6.54 Å². The number of primary amides is 1. The number of carbonyl (C=O) groups is 2. The SMILES string of the molecule is CC(C)CN(CC(N)=O)C(=O)/C=C/c1ccc(N)cc1. The first-order valence-corrected chi connectivity index (χ1v) is 6.49. The fourth-order valence-electron chi connectivity index (χ4n) is 1.74. The largest absolute Gasteiger partial charge is 0.399 e. The Morgan fingerprint density at radius 1 is 1.25 bits per heavy atom. The Labute approximate surface area is 119 Å². The number of nitrogens with two attached hydrogens (primary N) is 2. The second-order valence-corrected chi connectivity index (χ2v) is 5.08. The molecule has 5 nitrogen and oxygen atoms in total. The van der Waals surface area contributed by atoms with Gasteiger partial charge in [-0.05, 0) is 29.7 Å². The number of amides is 2. The van der Waals surface area contributed by atoms with E-state index in [1.807, 2.05) is 26.0 Å². The molecule has 0 radical (unpaired) electrons. The highest BCUT2D eigenvalue weighted by atomic mass is 16.2. The van der Waals surface area contributed by atoms with E-state index in [4.69, 9.17) is 11.5 Å². The molecule has 20 heavy (non-hydrogen) atoms. The minimum atomic E-state index is -0.514. The van der Waals surface area contributed by atoms with Crippen LogP contribution in [0.1, 0.15) is 19.4 Å². The predicted molar refractivity (Wildman–Crippen MR) is 80.5 cm³/mol. The Kier molecular flexibility index (Phi) is 5.77. The number of rotatable bonds is 6. The van der Waals surface area contributed by atoms with E-state index in [0.29, 0.717) is 12.2 Å². The summed E-state index contributed by atoms with van der Waals surface area (Å²) in [5.74, 6) is -0.475. The van der Waals surface area contributed by atoms with Gasteiger partial charge in [0.1, 0.15) is 0 Å². The summed E-state index contributed by atoms with van der Waals surface area (Å²) in [6, 6.07) is 7.17. The maximum absolute atomic E-state index is 12.1. The minimum Gasteiger partial charge on any atom is -0.399 e. The van der Waals surface area contributed by atoms with Gasteiger partial charge in [-0.25, -0.2) is 0 Å². The average molecular weight is 275 g/mol. The Morgan fingerprint density at radius 3 is 2.35 bits per heavy atom. The predicted octanol–water partition coefficient (Wildman–Crippen LogP) is 1.25. The van der Waals surface area contributed by atoms with Crippen LogP contribution in [0, 0.1) is 5.92 Å². The van der Waals surface area contributed by atoms with Crippen LogP contribution < -0.4 is 11.5 Å². The van der Waals surface area contributed by atoms with Crippen LogP contribution in [0.4, 0.5) is 5.69 Å². The third kappa shape index (κ3) is 5.56. The monoisotopic (exact) mass is 275 g/mol. The second kappa shape index (κ2) is 7.33. The maximum atomic E-state index is 12.1. The van der Waals surface area contributed by atoms with Crippen LogP contribution in [-0.4, -0.2) is 29.8 Å². The van der Waals surface area contributed by atoms with Gasteiger partial charge in [0, 0.05) is 18.3 Å². The normalized spacial score (nSPS) is 10.9. The third-order valence-corrected chi connectivity index (χ3v) is 2.60. The summed E-state index contributed by atoms with van der Waals surface area (Å²) in [5.41, 5.74) is 12.3. The molecule has 0 aromatic heterocycles. The number of carbonyl (C=O) groups excluding carboxylic acids is 2. The average Bonchev–Trinajstić information content (AvgIpc) is 2.36. The zero-order chi connectivity index (χ0) is 15.1. The minimum absolute atomic E-state index is 0.0664. The summed E-state index contributed by atoms with van der Waals surface area (Å²) in [6.07, 6.45) is 3.13. The summed E-state index contributed by atoms with van der Waals surface area (Å²) in [4.78, 5) is 24.5. The summed E-state index contributed by atoms with van der Waals surface area (Å²) in [6.45, 7) is 4.38. The van der Waals surface area contributed by atoms with Crippen molar-refractivity contribution in [2.24, 2.45) is 11.7 Å². The molecule has 0 bridgehead atoms. The lowest BCUT2D eigenvalue weighted by atomic mass is 10.1. The van der Waals surface area contributed by atoms with E-state index in [1.54, 1.807) is 18.2 Å². The number of anilines is 1. The fourth-order valence-corrected chi connectivity index (χ4v) is 1.74. The van der Waals surface area contributed by atoms with Gasteiger partial charge >= 0.3 is 0 Å². The fraction of sp³-hybridized carbons (Fsp3) is 0.333. The first-order chi connectivity index (χ1) is 9.38. The first-order valence-electron chi connectivity index (χ1n) is 6.49. The molecule has 0 heterocycles. The quantitative estimate of drug-likeness (QED) is 0.605. The molecule has 0 aliphatic heterocycles. The molecule has 2 amide bonds. The van der Waals surface area contributed by atoms with Crippen LogP contribution in [-0.2, 0) is 9.59 Å². The molecular weight excluding hydrogens is 254 g/mol. The van der Waals surface area contributed by atoms with Crippen LogP contribution in [0.2, 0.25) is 0 Å². The van der Waals surface area contributed by atoms with Gasteiger partial charge in [0.15, 0.2) is 0 Å². The van der Waals surface area contributed by atoms with Crippen LogP contribution >= 0.6 is 0 Å². The Hall–Kier alpha value is -2.30. The molecule has 1 rings (SSSR count). The molecule has 1 aromatic rings. The molecule has 108 valence electrons. The van der Waals surface area contributed by atoms with Crippen molar-refractivity contribution in [2.75, 3.05) is 18.8 Å². The van der Waals surface area contributed by atoms with Crippen LogP contribution in [0.3, 0.4) is 0 Å². The lowest BCUT2D eigenvalue weighted by Crippen LogP contribution is -2.39. The van der Waals surface area contributed by atoms with Crippen LogP contribution in [0.5, 0.6) is 0 Å². The molecule has 0 aliphatic carbocycles. The molecule has 0 unspecified atom stereocenters. The van der Waals surface area contributed by atoms with Gasteiger partial charge < -0.3 is 16.4 Å². The number of hydrogen-bond donors (Lipinski definition) is 2. The van der Waals surface area contributed by atoms with E-state index in [9.17, 15) is 9.59 Å². The Bertz CT molecular complexity index is 492. The lowest BCUT2D eigenvalue weighted by Gasteiger charge is -2.21. The van der Waals surface area contributed by atoms with E-state index >= 15 is 0 Å². The lowest BCUT2D eigenvalue weighted by molar-refractivity contribution is -0.131. The highest BCUT2D eigenvalue weighted by Gasteiger charge is 2.14. The van der Waals surface area contributed by atoms with E-state index in [2.05, 4.69) is 0 Å². The van der Waals surface area contributed by atoms with E-state index in [0.717, 1.165) is 5.56 Å².